The molecule has 2 N–H and O–H groups in total. The van der Waals surface area contributed by atoms with Gasteiger partial charge in [-0.2, -0.15) is 0 Å². The number of pyridine rings is 1. The molecular formula is C21H18N4O4S2. The minimum Gasteiger partial charge on any atom is -0.468 e. The van der Waals surface area contributed by atoms with E-state index in [-0.39, 0.29) is 17.0 Å². The lowest BCUT2D eigenvalue weighted by Gasteiger charge is -2.10. The second-order valence-electron chi connectivity index (χ2n) is 6.61. The molecule has 0 unspecified atom stereocenters. The zero-order chi connectivity index (χ0) is 21.8. The van der Waals surface area contributed by atoms with Crippen LogP contribution in [0.3, 0.4) is 0 Å². The summed E-state index contributed by atoms with van der Waals surface area (Å²) >= 11 is 1.28. The second kappa shape index (κ2) is 8.80. The Labute approximate surface area is 183 Å². The Hall–Kier alpha value is -3.34. The predicted octanol–water partition coefficient (Wildman–Crippen LogP) is 3.84. The molecule has 3 aromatic heterocycles. The maximum atomic E-state index is 12.8. The summed E-state index contributed by atoms with van der Waals surface area (Å²) in [6, 6.07) is 11.4. The Kier molecular flexibility index (Phi) is 5.94. The molecule has 0 saturated heterocycles. The van der Waals surface area contributed by atoms with Gasteiger partial charge in [-0.25, -0.2) is 18.1 Å². The molecule has 0 spiro atoms. The quantitative estimate of drug-likeness (QED) is 0.439. The van der Waals surface area contributed by atoms with Crippen molar-refractivity contribution in [1.82, 2.24) is 14.7 Å². The summed E-state index contributed by atoms with van der Waals surface area (Å²) in [7, 11) is -3.82. The fourth-order valence-electron chi connectivity index (χ4n) is 2.82. The molecule has 0 radical (unpaired) electrons. The first-order valence-corrected chi connectivity index (χ1v) is 11.6. The Morgan fingerprint density at radius 3 is 2.81 bits per heavy atom. The number of furan rings is 1. The highest BCUT2D eigenvalue weighted by molar-refractivity contribution is 7.89. The minimum absolute atomic E-state index is 0.00926. The number of carbonyl (C=O) groups is 1. The van der Waals surface area contributed by atoms with Gasteiger partial charge >= 0.3 is 0 Å². The molecule has 10 heteroatoms. The van der Waals surface area contributed by atoms with Crippen molar-refractivity contribution in [2.45, 2.75) is 18.4 Å². The number of thiazole rings is 1. The highest BCUT2D eigenvalue weighted by Crippen LogP contribution is 2.25. The first kappa shape index (κ1) is 20.9. The summed E-state index contributed by atoms with van der Waals surface area (Å²) < 4.78 is 32.9. The molecule has 8 nitrogen and oxygen atoms in total. The number of sulfonamides is 1. The van der Waals surface area contributed by atoms with Crippen molar-refractivity contribution >= 4 is 32.4 Å². The average Bonchev–Trinajstić information content (AvgIpc) is 3.45. The maximum absolute atomic E-state index is 12.8. The third kappa shape index (κ3) is 4.88. The van der Waals surface area contributed by atoms with Gasteiger partial charge in [-0.05, 0) is 48.9 Å². The number of carbonyl (C=O) groups excluding carboxylic acids is 1. The third-order valence-corrected chi connectivity index (χ3v) is 6.62. The molecule has 0 bridgehead atoms. The number of anilines is 1. The normalized spacial score (nSPS) is 11.4. The van der Waals surface area contributed by atoms with Crippen molar-refractivity contribution in [3.05, 3.63) is 83.4 Å². The lowest BCUT2D eigenvalue weighted by atomic mass is 10.1. The van der Waals surface area contributed by atoms with Gasteiger partial charge in [0.25, 0.3) is 5.91 Å². The Balaban J connectivity index is 1.51. The van der Waals surface area contributed by atoms with Gasteiger partial charge in [0.05, 0.1) is 23.4 Å². The van der Waals surface area contributed by atoms with E-state index in [0.717, 1.165) is 5.56 Å². The molecule has 0 aliphatic rings. The molecule has 0 aliphatic carbocycles. The zero-order valence-electron chi connectivity index (χ0n) is 16.4. The Morgan fingerprint density at radius 1 is 1.19 bits per heavy atom. The standard InChI is InChI=1S/C21H18N4O4S2/c1-14-6-7-17(31(27,28)23-12-16-5-3-9-29-16)10-18(14)20(26)25-21-24-19(13-30-21)15-4-2-8-22-11-15/h2-11,13,23H,12H2,1H3,(H,24,25,26). The topological polar surface area (TPSA) is 114 Å². The Bertz CT molecular complexity index is 1300. The monoisotopic (exact) mass is 454 g/mol. The predicted molar refractivity (Wildman–Crippen MR) is 117 cm³/mol. The van der Waals surface area contributed by atoms with Crippen LogP contribution in [0, 0.1) is 6.92 Å². The number of benzene rings is 1. The van der Waals surface area contributed by atoms with Crippen LogP contribution in [-0.2, 0) is 16.6 Å². The van der Waals surface area contributed by atoms with E-state index in [1.807, 2.05) is 17.5 Å². The van der Waals surface area contributed by atoms with Crippen LogP contribution in [0.1, 0.15) is 21.7 Å². The molecule has 0 aliphatic heterocycles. The third-order valence-electron chi connectivity index (χ3n) is 4.46. The van der Waals surface area contributed by atoms with Gasteiger partial charge in [0, 0.05) is 28.9 Å². The summed E-state index contributed by atoms with van der Waals surface area (Å²) in [6.07, 6.45) is 4.83. The molecule has 0 atom stereocenters. The Morgan fingerprint density at radius 2 is 2.06 bits per heavy atom. The van der Waals surface area contributed by atoms with Crippen molar-refractivity contribution in [2.24, 2.45) is 0 Å². The number of nitrogens with one attached hydrogen (secondary N) is 2. The van der Waals surface area contributed by atoms with Gasteiger partial charge in [-0.15, -0.1) is 11.3 Å². The highest BCUT2D eigenvalue weighted by Gasteiger charge is 2.19. The van der Waals surface area contributed by atoms with E-state index in [0.29, 0.717) is 22.1 Å². The summed E-state index contributed by atoms with van der Waals surface area (Å²) in [5.41, 5.74) is 2.43. The fourth-order valence-corrected chi connectivity index (χ4v) is 4.55. The molecule has 158 valence electrons. The van der Waals surface area contributed by atoms with Gasteiger partial charge in [-0.3, -0.25) is 15.1 Å². The van der Waals surface area contributed by atoms with Crippen molar-refractivity contribution in [3.8, 4) is 11.3 Å². The van der Waals surface area contributed by atoms with Crippen LogP contribution in [0.4, 0.5) is 5.13 Å². The SMILES string of the molecule is Cc1ccc(S(=O)(=O)NCc2ccco2)cc1C(=O)Nc1nc(-c2cccnc2)cs1. The summed E-state index contributed by atoms with van der Waals surface area (Å²) in [4.78, 5) is 21.3. The molecule has 4 aromatic rings. The van der Waals surface area contributed by atoms with Gasteiger partial charge in [0.1, 0.15) is 5.76 Å². The van der Waals surface area contributed by atoms with Crippen molar-refractivity contribution in [1.29, 1.82) is 0 Å². The summed E-state index contributed by atoms with van der Waals surface area (Å²) in [5, 5.41) is 4.97. The lowest BCUT2D eigenvalue weighted by Crippen LogP contribution is -2.24. The molecule has 0 fully saturated rings. The van der Waals surface area contributed by atoms with Crippen LogP contribution >= 0.6 is 11.3 Å². The molecule has 1 aromatic carbocycles. The van der Waals surface area contributed by atoms with Gasteiger partial charge < -0.3 is 4.42 Å². The van der Waals surface area contributed by atoms with Gasteiger partial charge in [-0.1, -0.05) is 6.07 Å². The summed E-state index contributed by atoms with van der Waals surface area (Å²) in [6.45, 7) is 1.76. The van der Waals surface area contributed by atoms with E-state index in [1.54, 1.807) is 37.5 Å². The van der Waals surface area contributed by atoms with Crippen LogP contribution < -0.4 is 10.0 Å². The van der Waals surface area contributed by atoms with Gasteiger partial charge in [0.2, 0.25) is 10.0 Å². The number of aromatic nitrogens is 2. The van der Waals surface area contributed by atoms with Crippen LogP contribution in [0.25, 0.3) is 11.3 Å². The summed E-state index contributed by atoms with van der Waals surface area (Å²) in [5.74, 6) is 0.0505. The number of rotatable bonds is 7. The molecule has 0 saturated carbocycles. The highest BCUT2D eigenvalue weighted by atomic mass is 32.2. The van der Waals surface area contributed by atoms with Crippen LogP contribution in [-0.4, -0.2) is 24.3 Å². The van der Waals surface area contributed by atoms with Crippen molar-refractivity contribution in [2.75, 3.05) is 5.32 Å². The number of nitrogens with zero attached hydrogens (tertiary/aromatic N) is 2. The van der Waals surface area contributed by atoms with E-state index >= 15 is 0 Å². The first-order chi connectivity index (χ1) is 14.9. The van der Waals surface area contributed by atoms with E-state index in [9.17, 15) is 13.2 Å². The van der Waals surface area contributed by atoms with E-state index in [2.05, 4.69) is 20.0 Å². The molecule has 3 heterocycles. The number of hydrogen-bond donors (Lipinski definition) is 2. The zero-order valence-corrected chi connectivity index (χ0v) is 18.0. The van der Waals surface area contributed by atoms with E-state index in [1.165, 1.54) is 29.7 Å². The number of amides is 1. The van der Waals surface area contributed by atoms with Crippen LogP contribution in [0.5, 0.6) is 0 Å². The molecular weight excluding hydrogens is 436 g/mol. The largest absolute Gasteiger partial charge is 0.468 e. The van der Waals surface area contributed by atoms with Crippen LogP contribution in [0.2, 0.25) is 0 Å². The number of aryl methyl sites for hydroxylation is 1. The van der Waals surface area contributed by atoms with E-state index in [4.69, 9.17) is 4.42 Å². The molecule has 4 rings (SSSR count). The molecule has 31 heavy (non-hydrogen) atoms. The maximum Gasteiger partial charge on any atom is 0.257 e. The van der Waals surface area contributed by atoms with Crippen molar-refractivity contribution < 1.29 is 17.6 Å². The minimum atomic E-state index is -3.82. The van der Waals surface area contributed by atoms with Crippen molar-refractivity contribution in [3.63, 3.8) is 0 Å². The first-order valence-electron chi connectivity index (χ1n) is 9.22. The van der Waals surface area contributed by atoms with Gasteiger partial charge in [0.15, 0.2) is 5.13 Å². The smallest absolute Gasteiger partial charge is 0.257 e. The molecule has 1 amide bonds. The van der Waals surface area contributed by atoms with E-state index < -0.39 is 15.9 Å². The fraction of sp³-hybridized carbons (Fsp3) is 0.0952. The lowest BCUT2D eigenvalue weighted by molar-refractivity contribution is 0.102. The second-order valence-corrected chi connectivity index (χ2v) is 9.24. The number of hydrogen-bond acceptors (Lipinski definition) is 7. The van der Waals surface area contributed by atoms with Crippen LogP contribution in [0.15, 0.2) is 75.8 Å². The average molecular weight is 455 g/mol.